The Bertz CT molecular complexity index is 1710. The number of carbonyl (C=O) groups excluding carboxylic acids is 1. The zero-order chi connectivity index (χ0) is 28.7. The number of amides is 1. The van der Waals surface area contributed by atoms with Gasteiger partial charge in [-0.2, -0.15) is 5.10 Å². The van der Waals surface area contributed by atoms with Crippen molar-refractivity contribution in [3.8, 4) is 11.1 Å². The maximum absolute atomic E-state index is 14.8. The molecule has 0 aliphatic heterocycles. The van der Waals surface area contributed by atoms with E-state index in [1.807, 2.05) is 35.3 Å². The molecule has 0 atom stereocenters. The number of fused-ring (bicyclic) bond motifs is 1. The molecule has 1 aliphatic carbocycles. The number of hydrogen-bond acceptors (Lipinski definition) is 4. The van der Waals surface area contributed by atoms with Crippen molar-refractivity contribution in [3.63, 3.8) is 0 Å². The minimum atomic E-state index is -2.67. The number of aromatic nitrogens is 6. The number of hydrogen-bond donors (Lipinski definition) is 2. The Hall–Kier alpha value is -4.41. The van der Waals surface area contributed by atoms with Crippen molar-refractivity contribution < 1.29 is 18.0 Å². The van der Waals surface area contributed by atoms with Crippen LogP contribution < -0.4 is 5.32 Å². The number of halogens is 3. The highest BCUT2D eigenvalue weighted by Gasteiger charge is 2.36. The van der Waals surface area contributed by atoms with E-state index in [-0.39, 0.29) is 61.5 Å². The quantitative estimate of drug-likeness (QED) is 0.225. The molecule has 41 heavy (non-hydrogen) atoms. The molecule has 2 N–H and O–H groups in total. The van der Waals surface area contributed by atoms with E-state index in [4.69, 9.17) is 0 Å². The van der Waals surface area contributed by atoms with E-state index in [1.165, 1.54) is 12.4 Å². The van der Waals surface area contributed by atoms with Gasteiger partial charge in [0.05, 0.1) is 30.5 Å². The SMILES string of the molecule is CC(C)n1cc(-c2ccc3[nH]cc(NC(=O)c4cn(Cc5cnc(C6CCC(F)(F)CC6)c(F)c5)cn4)c3c2)cn1. The number of pyridine rings is 1. The molecule has 1 amide bonds. The molecule has 8 nitrogen and oxygen atoms in total. The predicted molar refractivity (Wildman–Crippen MR) is 150 cm³/mol. The number of alkyl halides is 2. The number of imidazole rings is 1. The first-order chi connectivity index (χ1) is 19.6. The summed E-state index contributed by atoms with van der Waals surface area (Å²) in [6.45, 7) is 4.39. The number of carbonyl (C=O) groups is 1. The third-order valence-corrected chi connectivity index (χ3v) is 7.65. The van der Waals surface area contributed by atoms with Gasteiger partial charge in [0.25, 0.3) is 5.91 Å². The molecule has 4 aromatic heterocycles. The largest absolute Gasteiger partial charge is 0.359 e. The first-order valence-electron chi connectivity index (χ1n) is 13.7. The Labute approximate surface area is 234 Å². The Morgan fingerprint density at radius 1 is 1.12 bits per heavy atom. The molecule has 1 saturated carbocycles. The molecule has 4 heterocycles. The summed E-state index contributed by atoms with van der Waals surface area (Å²) in [4.78, 5) is 24.7. The normalized spacial score (nSPS) is 15.6. The van der Waals surface area contributed by atoms with Crippen LogP contribution in [0.15, 0.2) is 61.6 Å². The molecule has 1 aromatic carbocycles. The van der Waals surface area contributed by atoms with Crippen molar-refractivity contribution in [3.05, 3.63) is 84.3 Å². The van der Waals surface area contributed by atoms with Crippen molar-refractivity contribution >= 4 is 22.5 Å². The van der Waals surface area contributed by atoms with Gasteiger partial charge in [0, 0.05) is 66.1 Å². The lowest BCUT2D eigenvalue weighted by molar-refractivity contribution is -0.0387. The van der Waals surface area contributed by atoms with Gasteiger partial charge < -0.3 is 14.9 Å². The average molecular weight is 562 g/mol. The molecule has 0 bridgehead atoms. The van der Waals surface area contributed by atoms with Gasteiger partial charge in [0.2, 0.25) is 5.92 Å². The van der Waals surface area contributed by atoms with Crippen molar-refractivity contribution in [1.82, 2.24) is 29.3 Å². The summed E-state index contributed by atoms with van der Waals surface area (Å²) >= 11 is 0. The lowest BCUT2D eigenvalue weighted by Gasteiger charge is -2.28. The monoisotopic (exact) mass is 561 g/mol. The number of anilines is 1. The summed E-state index contributed by atoms with van der Waals surface area (Å²) < 4.78 is 45.4. The third kappa shape index (κ3) is 5.61. The summed E-state index contributed by atoms with van der Waals surface area (Å²) in [7, 11) is 0. The lowest BCUT2D eigenvalue weighted by atomic mass is 9.84. The first-order valence-corrected chi connectivity index (χ1v) is 13.7. The van der Waals surface area contributed by atoms with Gasteiger partial charge in [-0.1, -0.05) is 6.07 Å². The molecular formula is C30H30F3N7O. The molecule has 5 aromatic rings. The number of nitrogens with zero attached hydrogens (tertiary/aromatic N) is 5. The van der Waals surface area contributed by atoms with Crippen molar-refractivity contribution in [2.75, 3.05) is 5.32 Å². The standard InChI is InChI=1S/C30H30F3N7O/c1-18(2)40-15-22(12-37-40)21-3-4-25-23(10-21)26(13-34-25)38-29(41)27-16-39(17-36-27)14-19-9-24(31)28(35-11-19)20-5-7-30(32,33)8-6-20/h3-4,9-13,15-18,20,34H,5-8,14H2,1-2H3,(H,38,41). The number of benzene rings is 1. The van der Waals surface area contributed by atoms with E-state index in [2.05, 4.69) is 39.2 Å². The minimum absolute atomic E-state index is 0.210. The molecule has 1 fully saturated rings. The van der Waals surface area contributed by atoms with E-state index in [0.29, 0.717) is 11.3 Å². The highest BCUT2D eigenvalue weighted by Crippen LogP contribution is 2.41. The van der Waals surface area contributed by atoms with Crippen LogP contribution in [-0.2, 0) is 6.54 Å². The highest BCUT2D eigenvalue weighted by molar-refractivity contribution is 6.08. The number of H-pyrrole nitrogens is 1. The maximum atomic E-state index is 14.8. The van der Waals surface area contributed by atoms with Gasteiger partial charge in [-0.15, -0.1) is 0 Å². The van der Waals surface area contributed by atoms with E-state index in [1.54, 1.807) is 23.2 Å². The second-order valence-corrected chi connectivity index (χ2v) is 11.0. The number of aromatic amines is 1. The maximum Gasteiger partial charge on any atom is 0.275 e. The molecule has 212 valence electrons. The molecular weight excluding hydrogens is 531 g/mol. The second-order valence-electron chi connectivity index (χ2n) is 11.0. The second kappa shape index (κ2) is 10.5. The summed E-state index contributed by atoms with van der Waals surface area (Å²) in [6, 6.07) is 7.61. The Kier molecular flexibility index (Phi) is 6.88. The van der Waals surface area contributed by atoms with Gasteiger partial charge >= 0.3 is 0 Å². The fourth-order valence-electron chi connectivity index (χ4n) is 5.32. The molecule has 11 heteroatoms. The minimum Gasteiger partial charge on any atom is -0.359 e. The molecule has 0 saturated heterocycles. The highest BCUT2D eigenvalue weighted by atomic mass is 19.3. The summed E-state index contributed by atoms with van der Waals surface area (Å²) in [5.74, 6) is -3.85. The Morgan fingerprint density at radius 3 is 2.66 bits per heavy atom. The molecule has 1 aliphatic rings. The molecule has 0 spiro atoms. The molecule has 6 rings (SSSR count). The average Bonchev–Trinajstić information content (AvgIpc) is 3.69. The summed E-state index contributed by atoms with van der Waals surface area (Å²) in [5.41, 5.74) is 4.51. The lowest BCUT2D eigenvalue weighted by Crippen LogP contribution is -2.24. The van der Waals surface area contributed by atoms with Gasteiger partial charge in [-0.05, 0) is 56.0 Å². The van der Waals surface area contributed by atoms with Crippen LogP contribution in [0.25, 0.3) is 22.0 Å². The fraction of sp³-hybridized carbons (Fsp3) is 0.333. The van der Waals surface area contributed by atoms with Crippen LogP contribution in [0.2, 0.25) is 0 Å². The zero-order valence-electron chi connectivity index (χ0n) is 22.7. The van der Waals surface area contributed by atoms with Crippen molar-refractivity contribution in [1.29, 1.82) is 0 Å². The van der Waals surface area contributed by atoms with Gasteiger partial charge in [0.15, 0.2) is 0 Å². The molecule has 0 radical (unpaired) electrons. The van der Waals surface area contributed by atoms with Crippen LogP contribution in [0.1, 0.15) is 73.2 Å². The van der Waals surface area contributed by atoms with E-state index in [9.17, 15) is 18.0 Å². The van der Waals surface area contributed by atoms with Crippen LogP contribution in [0.3, 0.4) is 0 Å². The summed E-state index contributed by atoms with van der Waals surface area (Å²) in [6.07, 6.45) is 10.2. The topological polar surface area (TPSA) is 93.4 Å². The van der Waals surface area contributed by atoms with Crippen molar-refractivity contribution in [2.45, 2.75) is 64.0 Å². The van der Waals surface area contributed by atoms with E-state index < -0.39 is 11.7 Å². The van der Waals surface area contributed by atoms with Gasteiger partial charge in [-0.25, -0.2) is 18.2 Å². The Morgan fingerprint density at radius 2 is 1.93 bits per heavy atom. The van der Waals surface area contributed by atoms with Gasteiger partial charge in [-0.3, -0.25) is 14.5 Å². The van der Waals surface area contributed by atoms with E-state index in [0.717, 1.165) is 22.0 Å². The van der Waals surface area contributed by atoms with Crippen LogP contribution in [0, 0.1) is 5.82 Å². The zero-order valence-corrected chi connectivity index (χ0v) is 22.7. The number of rotatable bonds is 7. The van der Waals surface area contributed by atoms with Crippen LogP contribution >= 0.6 is 0 Å². The van der Waals surface area contributed by atoms with Gasteiger partial charge in [0.1, 0.15) is 11.5 Å². The van der Waals surface area contributed by atoms with Crippen molar-refractivity contribution in [2.24, 2.45) is 0 Å². The van der Waals surface area contributed by atoms with Crippen LogP contribution in [-0.4, -0.2) is 41.1 Å². The first kappa shape index (κ1) is 26.8. The van der Waals surface area contributed by atoms with Crippen LogP contribution in [0.5, 0.6) is 0 Å². The number of nitrogens with one attached hydrogen (secondary N) is 2. The summed E-state index contributed by atoms with van der Waals surface area (Å²) in [5, 5.41) is 8.20. The molecule has 0 unspecified atom stereocenters. The third-order valence-electron chi connectivity index (χ3n) is 7.65. The Balaban J connectivity index is 1.13. The predicted octanol–water partition coefficient (Wildman–Crippen LogP) is 6.94. The smallest absolute Gasteiger partial charge is 0.275 e. The van der Waals surface area contributed by atoms with Crippen LogP contribution in [0.4, 0.5) is 18.9 Å². The fourth-order valence-corrected chi connectivity index (χ4v) is 5.32. The van der Waals surface area contributed by atoms with E-state index >= 15 is 0 Å².